The maximum Gasteiger partial charge on any atom is 0.235 e. The van der Waals surface area contributed by atoms with Gasteiger partial charge in [-0.15, -0.1) is 0 Å². The van der Waals surface area contributed by atoms with Gasteiger partial charge >= 0.3 is 0 Å². The highest BCUT2D eigenvalue weighted by Crippen LogP contribution is 2.50. The summed E-state index contributed by atoms with van der Waals surface area (Å²) in [6.07, 6.45) is 22.2. The summed E-state index contributed by atoms with van der Waals surface area (Å²) >= 11 is 0. The molecule has 0 saturated heterocycles. The number of aryl methyl sites for hydroxylation is 1. The van der Waals surface area contributed by atoms with Gasteiger partial charge in [-0.1, -0.05) is 153 Å². The average Bonchev–Trinajstić information content (AvgIpc) is 3.81. The summed E-state index contributed by atoms with van der Waals surface area (Å²) < 4.78 is 4.79. The Morgan fingerprint density at radius 1 is 0.617 bits per heavy atom. The Balaban J connectivity index is 1.08. The van der Waals surface area contributed by atoms with Crippen molar-refractivity contribution >= 4 is 61.7 Å². The van der Waals surface area contributed by atoms with Crippen molar-refractivity contribution in [2.75, 3.05) is 0 Å². The molecule has 4 aliphatic rings. The molecule has 4 heteroatoms. The second-order valence-electron chi connectivity index (χ2n) is 17.2. The highest BCUT2D eigenvalue weighted by Gasteiger charge is 2.36. The number of hydrogen-bond donors (Lipinski definition) is 0. The van der Waals surface area contributed by atoms with Crippen LogP contribution in [-0.4, -0.2) is 19.1 Å². The predicted molar refractivity (Wildman–Crippen MR) is 250 cm³/mol. The summed E-state index contributed by atoms with van der Waals surface area (Å²) in [5.74, 6) is 0.961. The van der Waals surface area contributed by atoms with Crippen LogP contribution in [0, 0.1) is 5.92 Å². The van der Waals surface area contributed by atoms with Crippen LogP contribution in [0.4, 0.5) is 0 Å². The van der Waals surface area contributed by atoms with Gasteiger partial charge in [0.05, 0.1) is 33.6 Å². The van der Waals surface area contributed by atoms with E-state index in [0.717, 1.165) is 52.1 Å². The average molecular weight is 769 g/mol. The van der Waals surface area contributed by atoms with E-state index >= 15 is 0 Å². The summed E-state index contributed by atoms with van der Waals surface area (Å²) in [7, 11) is 0. The number of nitrogens with zero attached hydrogens (tertiary/aromatic N) is 4. The van der Waals surface area contributed by atoms with Gasteiger partial charge in [-0.3, -0.25) is 4.57 Å². The molecule has 4 nitrogen and oxygen atoms in total. The summed E-state index contributed by atoms with van der Waals surface area (Å²) in [4.78, 5) is 11.1. The number of rotatable bonds is 3. The van der Waals surface area contributed by atoms with Crippen LogP contribution in [0.3, 0.4) is 0 Å². The first-order valence-corrected chi connectivity index (χ1v) is 21.2. The zero-order valence-electron chi connectivity index (χ0n) is 33.5. The van der Waals surface area contributed by atoms with E-state index in [9.17, 15) is 0 Å². The van der Waals surface area contributed by atoms with Gasteiger partial charge in [-0.2, -0.15) is 0 Å². The molecule has 1 atom stereocenters. The first-order chi connectivity index (χ1) is 29.5. The molecule has 6 aromatic carbocycles. The van der Waals surface area contributed by atoms with Gasteiger partial charge in [0.2, 0.25) is 5.95 Å². The minimum atomic E-state index is -0.116. The molecule has 3 heterocycles. The molecule has 0 fully saturated rings. The fourth-order valence-electron chi connectivity index (χ4n) is 10.7. The van der Waals surface area contributed by atoms with Crippen LogP contribution >= 0.6 is 0 Å². The number of fused-ring (bicyclic) bond motifs is 13. The number of aromatic nitrogens is 4. The monoisotopic (exact) mass is 768 g/mol. The van der Waals surface area contributed by atoms with Gasteiger partial charge in [0.1, 0.15) is 0 Å². The number of hydrogen-bond acceptors (Lipinski definition) is 2. The Bertz CT molecular complexity index is 3520. The van der Waals surface area contributed by atoms with Crippen molar-refractivity contribution in [3.05, 3.63) is 197 Å². The van der Waals surface area contributed by atoms with Crippen molar-refractivity contribution in [3.63, 3.8) is 0 Å². The van der Waals surface area contributed by atoms with E-state index in [0.29, 0.717) is 5.95 Å². The van der Waals surface area contributed by atoms with Gasteiger partial charge < -0.3 is 4.57 Å². The van der Waals surface area contributed by atoms with E-state index in [1.54, 1.807) is 0 Å². The Hall–Kier alpha value is -7.30. The standard InChI is InChI=1S/C56H40N4/c1-56(2)46-20-10-7-17-40(46)41-27-24-37(31-47(41)56)54-44-19-8-11-21-48(44)57-55(58-54)60-50-30-25-35-14-5-6-16-39(35)53(50)45-29-26-38(33-52(45)60)59-49-22-12-9-18-42(49)43-28-23-34-13-3-4-15-36(34)32-51(43)59/h3-10,12-20,22-34H,11,21H2,1-2H3. The molecule has 0 saturated carbocycles. The Kier molecular flexibility index (Phi) is 6.93. The largest absolute Gasteiger partial charge is 0.309 e. The molecule has 0 spiro atoms. The Labute approximate surface area is 348 Å². The van der Waals surface area contributed by atoms with E-state index in [4.69, 9.17) is 9.97 Å². The molecule has 0 amide bonds. The third-order valence-electron chi connectivity index (χ3n) is 13.6. The van der Waals surface area contributed by atoms with Gasteiger partial charge in [-0.25, -0.2) is 9.97 Å². The van der Waals surface area contributed by atoms with E-state index < -0.39 is 0 Å². The normalized spacial score (nSPS) is 16.8. The van der Waals surface area contributed by atoms with Crippen LogP contribution < -0.4 is 0 Å². The SMILES string of the molecule is CC1(C)c2ccccc2-c2ccc(-c3nc(-n4c5cc(-n6c7c(c8ccccc86)C=CC6C=CC=CC6=C7)ccc5c5c6ccccc6ccc54)nc4c3C=CCC4)cc21. The zero-order valence-corrected chi connectivity index (χ0v) is 33.5. The molecular weight excluding hydrogens is 729 g/mol. The van der Waals surface area contributed by atoms with Crippen molar-refractivity contribution < 1.29 is 0 Å². The second-order valence-corrected chi connectivity index (χ2v) is 17.2. The molecule has 0 bridgehead atoms. The molecular formula is C56H40N4. The third-order valence-corrected chi connectivity index (χ3v) is 13.6. The van der Waals surface area contributed by atoms with Crippen LogP contribution in [0.15, 0.2) is 163 Å². The second kappa shape index (κ2) is 12.4. The van der Waals surface area contributed by atoms with Crippen LogP contribution in [0.2, 0.25) is 0 Å². The lowest BCUT2D eigenvalue weighted by molar-refractivity contribution is 0.660. The molecule has 60 heavy (non-hydrogen) atoms. The minimum Gasteiger partial charge on any atom is -0.309 e. The molecule has 4 aliphatic carbocycles. The van der Waals surface area contributed by atoms with Crippen molar-refractivity contribution in [1.82, 2.24) is 19.1 Å². The van der Waals surface area contributed by atoms with E-state index in [1.807, 2.05) is 0 Å². The van der Waals surface area contributed by atoms with Crippen molar-refractivity contribution in [2.24, 2.45) is 5.92 Å². The molecule has 13 rings (SSSR count). The highest BCUT2D eigenvalue weighted by atomic mass is 15.2. The molecule has 284 valence electrons. The highest BCUT2D eigenvalue weighted by molar-refractivity contribution is 6.21. The van der Waals surface area contributed by atoms with Crippen molar-refractivity contribution in [1.29, 1.82) is 0 Å². The summed E-state index contributed by atoms with van der Waals surface area (Å²) in [5.41, 5.74) is 17.8. The maximum absolute atomic E-state index is 5.63. The summed E-state index contributed by atoms with van der Waals surface area (Å²) in [6.45, 7) is 4.70. The molecule has 0 N–H and O–H groups in total. The molecule has 3 aromatic heterocycles. The number of allylic oxidation sites excluding steroid dienone is 7. The predicted octanol–water partition coefficient (Wildman–Crippen LogP) is 13.8. The molecule has 1 unspecified atom stereocenters. The van der Waals surface area contributed by atoms with Gasteiger partial charge in [0.15, 0.2) is 0 Å². The topological polar surface area (TPSA) is 35.6 Å². The van der Waals surface area contributed by atoms with E-state index in [2.05, 4.69) is 199 Å². The minimum absolute atomic E-state index is 0.116. The fourth-order valence-corrected chi connectivity index (χ4v) is 10.7. The number of benzene rings is 6. The van der Waals surface area contributed by atoms with Crippen molar-refractivity contribution in [2.45, 2.75) is 32.1 Å². The van der Waals surface area contributed by atoms with Crippen LogP contribution in [0.25, 0.3) is 95.7 Å². The lowest BCUT2D eigenvalue weighted by atomic mass is 9.81. The van der Waals surface area contributed by atoms with Gasteiger partial charge in [-0.05, 0) is 87.8 Å². The first kappa shape index (κ1) is 33.6. The van der Waals surface area contributed by atoms with E-state index in [1.165, 1.54) is 71.5 Å². The fraction of sp³-hybridized carbons (Fsp3) is 0.107. The summed E-state index contributed by atoms with van der Waals surface area (Å²) in [5, 5.41) is 6.10. The smallest absolute Gasteiger partial charge is 0.235 e. The number of para-hydroxylation sites is 1. The lowest BCUT2D eigenvalue weighted by Crippen LogP contribution is -2.15. The Morgan fingerprint density at radius 2 is 1.47 bits per heavy atom. The van der Waals surface area contributed by atoms with Crippen molar-refractivity contribution in [3.8, 4) is 34.0 Å². The van der Waals surface area contributed by atoms with Crippen LogP contribution in [-0.2, 0) is 11.8 Å². The third kappa shape index (κ3) is 4.67. The maximum atomic E-state index is 5.63. The molecule has 0 radical (unpaired) electrons. The van der Waals surface area contributed by atoms with Crippen LogP contribution in [0.1, 0.15) is 53.9 Å². The molecule has 0 aliphatic heterocycles. The van der Waals surface area contributed by atoms with E-state index in [-0.39, 0.29) is 11.3 Å². The zero-order chi connectivity index (χ0) is 39.7. The van der Waals surface area contributed by atoms with Gasteiger partial charge in [0, 0.05) is 49.9 Å². The van der Waals surface area contributed by atoms with Crippen LogP contribution in [0.5, 0.6) is 0 Å². The first-order valence-electron chi connectivity index (χ1n) is 21.2. The van der Waals surface area contributed by atoms with Gasteiger partial charge in [0.25, 0.3) is 0 Å². The quantitative estimate of drug-likeness (QED) is 0.179. The summed E-state index contributed by atoms with van der Waals surface area (Å²) in [6, 6.07) is 44.9. The molecule has 9 aromatic rings. The Morgan fingerprint density at radius 3 is 2.42 bits per heavy atom. The lowest BCUT2D eigenvalue weighted by Gasteiger charge is -2.22.